The monoisotopic (exact) mass is 505 g/mol. The summed E-state index contributed by atoms with van der Waals surface area (Å²) >= 11 is 0. The van der Waals surface area contributed by atoms with Gasteiger partial charge in [0.15, 0.2) is 0 Å². The van der Waals surface area contributed by atoms with Crippen molar-refractivity contribution >= 4 is 51.2 Å². The topological polar surface area (TPSA) is 31.2 Å². The van der Waals surface area contributed by atoms with Gasteiger partial charge in [-0.15, -0.1) is 0 Å². The molecule has 176 valence electrons. The van der Waals surface area contributed by atoms with Gasteiger partial charge in [0.1, 0.15) is 21.6 Å². The largest absolute Gasteiger partial charge is 0.495 e. The van der Waals surface area contributed by atoms with Gasteiger partial charge in [0.2, 0.25) is 0 Å². The summed E-state index contributed by atoms with van der Waals surface area (Å²) in [4.78, 5) is 0.704. The summed E-state index contributed by atoms with van der Waals surface area (Å²) in [6, 6.07) is 43.4. The van der Waals surface area contributed by atoms with Crippen LogP contribution in [-0.2, 0) is 10.8 Å². The molecule has 0 spiro atoms. The number of methoxy groups -OCH3 is 1. The van der Waals surface area contributed by atoms with E-state index < -0.39 is 18.9 Å². The number of aromatic nitrogens is 1. The van der Waals surface area contributed by atoms with Crippen LogP contribution in [0.15, 0.2) is 137 Å². The number of hydrogen-bond acceptors (Lipinski definition) is 2. The van der Waals surface area contributed by atoms with E-state index in [9.17, 15) is 4.21 Å². The Morgan fingerprint density at radius 2 is 1.25 bits per heavy atom. The third kappa shape index (κ3) is 3.93. The van der Waals surface area contributed by atoms with Crippen molar-refractivity contribution in [3.63, 3.8) is 0 Å². The molecule has 5 aromatic carbocycles. The van der Waals surface area contributed by atoms with E-state index in [0.29, 0.717) is 10.6 Å². The van der Waals surface area contributed by atoms with Gasteiger partial charge in [0.05, 0.1) is 25.6 Å². The number of nitrogens with zero attached hydrogens (tertiary/aromatic N) is 1. The third-order valence-corrected chi connectivity index (χ3v) is 10.3. The van der Waals surface area contributed by atoms with E-state index in [1.165, 1.54) is 10.6 Å². The predicted octanol–water partition coefficient (Wildman–Crippen LogP) is 6.87. The number of hydrogen-bond donors (Lipinski definition) is 0. The van der Waals surface area contributed by atoms with Crippen LogP contribution in [0.3, 0.4) is 0 Å². The van der Waals surface area contributed by atoms with Gasteiger partial charge in [0, 0.05) is 21.4 Å². The van der Waals surface area contributed by atoms with Crippen LogP contribution in [0.5, 0.6) is 5.75 Å². The van der Waals surface area contributed by atoms with Gasteiger partial charge in [-0.2, -0.15) is 0 Å². The summed E-state index contributed by atoms with van der Waals surface area (Å²) in [6.07, 6.45) is 0. The second-order valence-electron chi connectivity index (χ2n) is 8.42. The molecule has 0 amide bonds. The standard InChI is InChI=1S/C31H24NO2PS/c1-34-29-21-20-23-12-8-10-18-27(23)31(29)36(33)30-22-24-13-9-11-19-28(24)32(30)35(25-14-4-2-5-15-25)26-16-6-3-7-17-26/h2-22H,1H3. The van der Waals surface area contributed by atoms with Crippen molar-refractivity contribution in [1.29, 1.82) is 0 Å². The Morgan fingerprint density at radius 3 is 1.92 bits per heavy atom. The lowest BCUT2D eigenvalue weighted by atomic mass is 10.1. The fourth-order valence-electron chi connectivity index (χ4n) is 4.65. The van der Waals surface area contributed by atoms with E-state index in [1.807, 2.05) is 60.7 Å². The molecular weight excluding hydrogens is 481 g/mol. The smallest absolute Gasteiger partial charge is 0.136 e. The summed E-state index contributed by atoms with van der Waals surface area (Å²) in [6.45, 7) is 0. The Hall–Kier alpha value is -3.72. The number of benzene rings is 5. The van der Waals surface area contributed by atoms with Gasteiger partial charge in [-0.25, -0.2) is 4.21 Å². The van der Waals surface area contributed by atoms with Crippen molar-refractivity contribution in [2.24, 2.45) is 0 Å². The molecule has 0 radical (unpaired) electrons. The first-order valence-electron chi connectivity index (χ1n) is 11.7. The molecule has 0 fully saturated rings. The molecule has 0 bridgehead atoms. The van der Waals surface area contributed by atoms with Crippen LogP contribution in [0, 0.1) is 0 Å². The first-order valence-corrected chi connectivity index (χ1v) is 14.2. The fraction of sp³-hybridized carbons (Fsp3) is 0.0323. The molecule has 3 nitrogen and oxygen atoms in total. The van der Waals surface area contributed by atoms with Gasteiger partial charge < -0.3 is 9.07 Å². The maximum Gasteiger partial charge on any atom is 0.136 e. The van der Waals surface area contributed by atoms with Crippen LogP contribution < -0.4 is 15.3 Å². The second kappa shape index (κ2) is 9.73. The van der Waals surface area contributed by atoms with E-state index in [-0.39, 0.29) is 0 Å². The van der Waals surface area contributed by atoms with Crippen molar-refractivity contribution < 1.29 is 8.95 Å². The van der Waals surface area contributed by atoms with E-state index >= 15 is 0 Å². The number of rotatable bonds is 6. The molecule has 0 aliphatic heterocycles. The summed E-state index contributed by atoms with van der Waals surface area (Å²) in [5.74, 6) is 0.632. The third-order valence-electron chi connectivity index (χ3n) is 6.29. The first-order chi connectivity index (χ1) is 17.8. The van der Waals surface area contributed by atoms with Crippen LogP contribution in [0.25, 0.3) is 21.7 Å². The quantitative estimate of drug-likeness (QED) is 0.232. The van der Waals surface area contributed by atoms with E-state index in [1.54, 1.807) is 7.11 Å². The summed E-state index contributed by atoms with van der Waals surface area (Å²) in [5.41, 5.74) is 1.07. The zero-order chi connectivity index (χ0) is 24.5. The summed E-state index contributed by atoms with van der Waals surface area (Å²) < 4.78 is 22.7. The molecule has 6 aromatic rings. The SMILES string of the molecule is COc1ccc2ccccc2c1S(=O)c1cc2ccccc2n1P(c1ccccc1)c1ccccc1. The predicted molar refractivity (Wildman–Crippen MR) is 152 cm³/mol. The van der Waals surface area contributed by atoms with Gasteiger partial charge >= 0.3 is 0 Å². The Labute approximate surface area is 214 Å². The highest BCUT2D eigenvalue weighted by Crippen LogP contribution is 2.44. The first kappa shape index (κ1) is 22.7. The van der Waals surface area contributed by atoms with E-state index in [0.717, 1.165) is 26.7 Å². The van der Waals surface area contributed by atoms with Crippen LogP contribution in [-0.4, -0.2) is 15.7 Å². The molecule has 0 aliphatic carbocycles. The van der Waals surface area contributed by atoms with Crippen molar-refractivity contribution in [3.05, 3.63) is 127 Å². The normalized spacial score (nSPS) is 12.3. The van der Waals surface area contributed by atoms with Crippen molar-refractivity contribution in [1.82, 2.24) is 4.34 Å². The molecule has 0 aliphatic rings. The highest BCUT2D eigenvalue weighted by Gasteiger charge is 2.27. The molecular formula is C31H24NO2PS. The average molecular weight is 506 g/mol. The van der Waals surface area contributed by atoms with Crippen molar-refractivity contribution in [2.75, 3.05) is 7.11 Å². The minimum Gasteiger partial charge on any atom is -0.495 e. The maximum atomic E-state index is 14.6. The molecule has 0 saturated heterocycles. The van der Waals surface area contributed by atoms with Gasteiger partial charge in [-0.05, 0) is 23.6 Å². The zero-order valence-electron chi connectivity index (χ0n) is 19.7. The van der Waals surface area contributed by atoms with Crippen molar-refractivity contribution in [2.45, 2.75) is 9.92 Å². The summed E-state index contributed by atoms with van der Waals surface area (Å²) in [7, 11) is -0.878. The van der Waals surface area contributed by atoms with Crippen molar-refractivity contribution in [3.8, 4) is 5.75 Å². The van der Waals surface area contributed by atoms with Gasteiger partial charge in [0.25, 0.3) is 0 Å². The molecule has 1 heterocycles. The molecule has 36 heavy (non-hydrogen) atoms. The molecule has 0 saturated carbocycles. The molecule has 1 aromatic heterocycles. The minimum atomic E-state index is -1.49. The number of para-hydroxylation sites is 1. The lowest BCUT2D eigenvalue weighted by molar-refractivity contribution is 0.405. The lowest BCUT2D eigenvalue weighted by Gasteiger charge is -2.24. The van der Waals surface area contributed by atoms with Gasteiger partial charge in [-0.1, -0.05) is 109 Å². The Balaban J connectivity index is 1.66. The molecule has 5 heteroatoms. The molecule has 1 atom stereocenters. The highest BCUT2D eigenvalue weighted by atomic mass is 32.2. The Bertz CT molecular complexity index is 1660. The van der Waals surface area contributed by atoms with Gasteiger partial charge in [-0.3, -0.25) is 0 Å². The second-order valence-corrected chi connectivity index (χ2v) is 11.8. The van der Waals surface area contributed by atoms with Crippen LogP contribution in [0.2, 0.25) is 0 Å². The molecule has 0 N–H and O–H groups in total. The number of fused-ring (bicyclic) bond motifs is 2. The van der Waals surface area contributed by atoms with E-state index in [2.05, 4.69) is 71.1 Å². The Kier molecular flexibility index (Phi) is 6.14. The zero-order valence-corrected chi connectivity index (χ0v) is 21.5. The van der Waals surface area contributed by atoms with E-state index in [4.69, 9.17) is 4.74 Å². The fourth-order valence-corrected chi connectivity index (χ4v) is 8.86. The van der Waals surface area contributed by atoms with Crippen LogP contribution in [0.1, 0.15) is 0 Å². The lowest BCUT2D eigenvalue weighted by Crippen LogP contribution is -2.18. The van der Waals surface area contributed by atoms with Crippen LogP contribution >= 0.6 is 8.07 Å². The highest BCUT2D eigenvalue weighted by molar-refractivity contribution is 7.86. The molecule has 6 rings (SSSR count). The average Bonchev–Trinajstić information content (AvgIpc) is 3.32. The van der Waals surface area contributed by atoms with Crippen LogP contribution in [0.4, 0.5) is 0 Å². The maximum absolute atomic E-state index is 14.6. The summed E-state index contributed by atoms with van der Waals surface area (Å²) in [5, 5.41) is 6.21. The Morgan fingerprint density at radius 1 is 0.667 bits per heavy atom. The minimum absolute atomic E-state index is 0.632. The number of ether oxygens (including phenoxy) is 1. The molecule has 1 unspecified atom stereocenters.